The monoisotopic (exact) mass is 429 g/mol. The van der Waals surface area contributed by atoms with Crippen molar-refractivity contribution < 1.29 is 21.5 Å². The van der Waals surface area contributed by atoms with E-state index in [2.05, 4.69) is 45.1 Å². The molecule has 0 amide bonds. The van der Waals surface area contributed by atoms with E-state index in [9.17, 15) is 0 Å². The predicted octanol–water partition coefficient (Wildman–Crippen LogP) is -0.0199. The first-order chi connectivity index (χ1) is 12.2. The normalized spacial score (nSPS) is 13.5. The lowest BCUT2D eigenvalue weighted by Crippen LogP contribution is -3.00. The number of aromatic amines is 1. The molecule has 1 aliphatic rings. The highest BCUT2D eigenvalue weighted by molar-refractivity contribution is 7.71. The summed E-state index contributed by atoms with van der Waals surface area (Å²) in [6.45, 7) is 2.82. The van der Waals surface area contributed by atoms with E-state index in [1.807, 2.05) is 6.07 Å². The molecule has 1 N–H and O–H groups in total. The van der Waals surface area contributed by atoms with E-state index >= 15 is 0 Å². The Morgan fingerprint density at radius 2 is 2.12 bits per heavy atom. The molecular weight excluding hydrogens is 410 g/mol. The van der Waals surface area contributed by atoms with E-state index in [0.717, 1.165) is 18.5 Å². The van der Waals surface area contributed by atoms with Gasteiger partial charge in [-0.3, -0.25) is 0 Å². The number of aryl methyl sites for hydroxylation is 1. The number of fused-ring (bicyclic) bond motifs is 2. The van der Waals surface area contributed by atoms with Crippen molar-refractivity contribution in [2.24, 2.45) is 0 Å². The third-order valence-electron chi connectivity index (χ3n) is 5.12. The number of rotatable bonds is 2. The van der Waals surface area contributed by atoms with Gasteiger partial charge in [-0.05, 0) is 62.0 Å². The Kier molecular flexibility index (Phi) is 5.54. The minimum absolute atomic E-state index is 0. The summed E-state index contributed by atoms with van der Waals surface area (Å²) >= 11 is 5.23. The number of aromatic nitrogens is 5. The van der Waals surface area contributed by atoms with Gasteiger partial charge >= 0.3 is 0 Å². The number of terminal acetylenes is 1. The van der Waals surface area contributed by atoms with Crippen LogP contribution in [0.3, 0.4) is 0 Å². The van der Waals surface area contributed by atoms with Crippen molar-refractivity contribution in [2.45, 2.75) is 45.6 Å². The average molecular weight is 430 g/mol. The zero-order chi connectivity index (χ0) is 17.4. The van der Waals surface area contributed by atoms with Crippen molar-refractivity contribution in [2.75, 3.05) is 0 Å². The van der Waals surface area contributed by atoms with E-state index in [4.69, 9.17) is 18.6 Å². The first-order valence-electron chi connectivity index (χ1n) is 8.62. The van der Waals surface area contributed by atoms with Gasteiger partial charge in [-0.25, -0.2) is 4.68 Å². The molecule has 0 fully saturated rings. The molecular formula is C19H20BrN5S. The van der Waals surface area contributed by atoms with Gasteiger partial charge in [0.1, 0.15) is 0 Å². The van der Waals surface area contributed by atoms with Crippen LogP contribution in [-0.4, -0.2) is 20.2 Å². The van der Waals surface area contributed by atoms with Gasteiger partial charge in [0.25, 0.3) is 0 Å². The van der Waals surface area contributed by atoms with Crippen LogP contribution in [0.2, 0.25) is 0 Å². The van der Waals surface area contributed by atoms with Gasteiger partial charge in [0, 0.05) is 18.1 Å². The Bertz CT molecular complexity index is 1060. The second kappa shape index (κ2) is 7.68. The number of H-pyrrole nitrogens is 1. The van der Waals surface area contributed by atoms with Gasteiger partial charge in [0.2, 0.25) is 16.8 Å². The summed E-state index contributed by atoms with van der Waals surface area (Å²) in [6.07, 6.45) is 11.7. The van der Waals surface area contributed by atoms with Crippen LogP contribution in [0.5, 0.6) is 0 Å². The molecule has 1 aromatic carbocycles. The summed E-state index contributed by atoms with van der Waals surface area (Å²) in [5.41, 5.74) is 6.34. The third-order valence-corrected chi connectivity index (χ3v) is 5.39. The molecule has 0 aliphatic heterocycles. The van der Waals surface area contributed by atoms with E-state index in [-0.39, 0.29) is 17.0 Å². The van der Waals surface area contributed by atoms with E-state index in [0.29, 0.717) is 11.3 Å². The molecule has 4 rings (SSSR count). The molecule has 3 aromatic rings. The van der Waals surface area contributed by atoms with Crippen molar-refractivity contribution in [1.82, 2.24) is 20.2 Å². The maximum absolute atomic E-state index is 5.68. The molecule has 2 heterocycles. The Morgan fingerprint density at radius 3 is 2.85 bits per heavy atom. The Labute approximate surface area is 168 Å². The summed E-state index contributed by atoms with van der Waals surface area (Å²) < 4.78 is 4.45. The van der Waals surface area contributed by atoms with Crippen LogP contribution in [0.4, 0.5) is 0 Å². The molecule has 0 atom stereocenters. The molecule has 0 radical (unpaired) electrons. The van der Waals surface area contributed by atoms with E-state index in [1.165, 1.54) is 47.0 Å². The lowest BCUT2D eigenvalue weighted by molar-refractivity contribution is -0.666. The zero-order valence-electron chi connectivity index (χ0n) is 14.6. The highest BCUT2D eigenvalue weighted by atomic mass is 79.9. The lowest BCUT2D eigenvalue weighted by atomic mass is 9.97. The topological polar surface area (TPSA) is 50.4 Å². The van der Waals surface area contributed by atoms with Crippen LogP contribution >= 0.6 is 12.2 Å². The molecule has 1 aliphatic carbocycles. The van der Waals surface area contributed by atoms with E-state index < -0.39 is 0 Å². The van der Waals surface area contributed by atoms with Gasteiger partial charge in [0.05, 0.1) is 11.1 Å². The maximum Gasteiger partial charge on any atom is 0.242 e. The minimum Gasteiger partial charge on any atom is -1.00 e. The van der Waals surface area contributed by atoms with Crippen LogP contribution in [0.1, 0.15) is 36.1 Å². The Morgan fingerprint density at radius 1 is 1.31 bits per heavy atom. The van der Waals surface area contributed by atoms with Crippen LogP contribution in [-0.2, 0) is 19.4 Å². The van der Waals surface area contributed by atoms with Gasteiger partial charge in [-0.1, -0.05) is 16.7 Å². The fourth-order valence-corrected chi connectivity index (χ4v) is 4.10. The molecule has 26 heavy (non-hydrogen) atoms. The molecule has 0 saturated carbocycles. The lowest BCUT2D eigenvalue weighted by Gasteiger charge is -2.13. The molecule has 7 heteroatoms. The van der Waals surface area contributed by atoms with Crippen molar-refractivity contribution in [3.63, 3.8) is 0 Å². The molecule has 0 saturated heterocycles. The average Bonchev–Trinajstić information content (AvgIpc) is 2.90. The smallest absolute Gasteiger partial charge is 0.242 e. The highest BCUT2D eigenvalue weighted by Crippen LogP contribution is 2.28. The molecule has 0 unspecified atom stereocenters. The zero-order valence-corrected chi connectivity index (χ0v) is 17.0. The summed E-state index contributed by atoms with van der Waals surface area (Å²) in [7, 11) is 0. The SMILES string of the molecule is C#CC[n+]1c2c(c(C)c3cc(-n4[nH]nnc4=S)ccc31)CCCCC2.[Br-]. The second-order valence-corrected chi connectivity index (χ2v) is 6.89. The summed E-state index contributed by atoms with van der Waals surface area (Å²) in [4.78, 5) is 0. The van der Waals surface area contributed by atoms with E-state index in [1.54, 1.807) is 4.68 Å². The van der Waals surface area contributed by atoms with Crippen molar-refractivity contribution in [3.05, 3.63) is 39.8 Å². The number of hydrogen-bond donors (Lipinski definition) is 1. The molecule has 5 nitrogen and oxygen atoms in total. The van der Waals surface area contributed by atoms with Crippen LogP contribution in [0.15, 0.2) is 18.2 Å². The first-order valence-corrected chi connectivity index (χ1v) is 9.03. The van der Waals surface area contributed by atoms with Crippen molar-refractivity contribution >= 4 is 23.1 Å². The quantitative estimate of drug-likeness (QED) is 0.269. The number of pyridine rings is 1. The number of nitrogens with zero attached hydrogens (tertiary/aromatic N) is 4. The van der Waals surface area contributed by atoms with Gasteiger partial charge < -0.3 is 17.0 Å². The minimum atomic E-state index is 0. The summed E-state index contributed by atoms with van der Waals surface area (Å²) in [5.74, 6) is 2.83. The highest BCUT2D eigenvalue weighted by Gasteiger charge is 2.25. The van der Waals surface area contributed by atoms with Crippen LogP contribution in [0.25, 0.3) is 16.6 Å². The molecule has 134 valence electrons. The Balaban J connectivity index is 0.00000196. The van der Waals surface area contributed by atoms with Crippen LogP contribution < -0.4 is 21.5 Å². The molecule has 2 aromatic heterocycles. The predicted molar refractivity (Wildman–Crippen MR) is 99.1 cm³/mol. The first kappa shape index (κ1) is 18.7. The van der Waals surface area contributed by atoms with Crippen molar-refractivity contribution in [3.8, 4) is 18.0 Å². The summed E-state index contributed by atoms with van der Waals surface area (Å²) in [6, 6.07) is 6.31. The number of benzene rings is 1. The fourth-order valence-electron chi connectivity index (χ4n) is 3.91. The number of hydrogen-bond acceptors (Lipinski definition) is 3. The Hall–Kier alpha value is -2.04. The van der Waals surface area contributed by atoms with Gasteiger partial charge in [0.15, 0.2) is 5.69 Å². The van der Waals surface area contributed by atoms with Crippen LogP contribution in [0, 0.1) is 24.0 Å². The standard InChI is InChI=1S/C19H19N5S.BrH/c1-3-11-23-17-8-6-4-5-7-15(17)13(2)16-12-14(9-10-18(16)23)24-19(25)20-21-22-24;/h1,9-10,12H,4-8,11H2,2H3;1H. The largest absolute Gasteiger partial charge is 1.00 e. The number of halogens is 1. The second-order valence-electron chi connectivity index (χ2n) is 6.52. The van der Waals surface area contributed by atoms with Crippen molar-refractivity contribution in [1.29, 1.82) is 0 Å². The maximum atomic E-state index is 5.68. The number of tetrazole rings is 1. The fraction of sp³-hybridized carbons (Fsp3) is 0.368. The number of nitrogens with one attached hydrogen (secondary N) is 1. The van der Waals surface area contributed by atoms with Gasteiger partial charge in [-0.15, -0.1) is 6.42 Å². The molecule has 0 spiro atoms. The third kappa shape index (κ3) is 3.08. The summed E-state index contributed by atoms with van der Waals surface area (Å²) in [5, 5.41) is 11.7. The van der Waals surface area contributed by atoms with Gasteiger partial charge in [-0.2, -0.15) is 9.78 Å². The molecule has 0 bridgehead atoms.